The van der Waals surface area contributed by atoms with Gasteiger partial charge in [-0.2, -0.15) is 0 Å². The molecule has 96 valence electrons. The number of carbonyl (C=O) groups excluding carboxylic acids is 2. The van der Waals surface area contributed by atoms with E-state index in [0.717, 1.165) is 5.69 Å². The summed E-state index contributed by atoms with van der Waals surface area (Å²) in [6.07, 6.45) is 0.381. The Morgan fingerprint density at radius 1 is 1.33 bits per heavy atom. The Balaban J connectivity index is 2.16. The monoisotopic (exact) mass is 246 g/mol. The van der Waals surface area contributed by atoms with Crippen molar-refractivity contribution in [2.45, 2.75) is 33.2 Å². The van der Waals surface area contributed by atoms with Gasteiger partial charge < -0.3 is 10.2 Å². The minimum Gasteiger partial charge on any atom is -0.351 e. The van der Waals surface area contributed by atoms with E-state index in [9.17, 15) is 9.59 Å². The van der Waals surface area contributed by atoms with Crippen molar-refractivity contribution in [3.63, 3.8) is 0 Å². The fourth-order valence-electron chi connectivity index (χ4n) is 2.23. The number of nitrogens with one attached hydrogen (secondary N) is 1. The molecule has 1 aromatic carbocycles. The summed E-state index contributed by atoms with van der Waals surface area (Å²) in [5.74, 6) is -0.0215. The van der Waals surface area contributed by atoms with Gasteiger partial charge in [-0.05, 0) is 37.1 Å². The van der Waals surface area contributed by atoms with E-state index in [-0.39, 0.29) is 17.9 Å². The van der Waals surface area contributed by atoms with Gasteiger partial charge in [-0.3, -0.25) is 9.59 Å². The predicted molar refractivity (Wildman–Crippen MR) is 70.5 cm³/mol. The normalized spacial score (nSPS) is 19.2. The molecule has 2 rings (SSSR count). The largest absolute Gasteiger partial charge is 0.351 e. The minimum absolute atomic E-state index is 0.0667. The molecule has 18 heavy (non-hydrogen) atoms. The Bertz CT molecular complexity index is 497. The smallest absolute Gasteiger partial charge is 0.229 e. The summed E-state index contributed by atoms with van der Waals surface area (Å²) in [5, 5.41) is 2.80. The van der Waals surface area contributed by atoms with Crippen LogP contribution in [0.5, 0.6) is 0 Å². The van der Waals surface area contributed by atoms with Crippen LogP contribution in [0.25, 0.3) is 0 Å². The molecule has 1 atom stereocenters. The number of aryl methyl sites for hydroxylation is 2. The third-order valence-electron chi connectivity index (χ3n) is 3.33. The van der Waals surface area contributed by atoms with Crippen LogP contribution in [-0.2, 0) is 9.59 Å². The van der Waals surface area contributed by atoms with E-state index in [4.69, 9.17) is 0 Å². The molecular weight excluding hydrogens is 228 g/mol. The van der Waals surface area contributed by atoms with Crippen molar-refractivity contribution >= 4 is 17.5 Å². The van der Waals surface area contributed by atoms with Crippen LogP contribution in [0.1, 0.15) is 24.5 Å². The molecule has 0 saturated carbocycles. The van der Waals surface area contributed by atoms with E-state index in [1.807, 2.05) is 32.0 Å². The lowest BCUT2D eigenvalue weighted by atomic mass is 10.1. The van der Waals surface area contributed by atoms with E-state index in [1.165, 1.54) is 18.1 Å². The predicted octanol–water partition coefficient (Wildman–Crippen LogP) is 1.54. The molecule has 0 aliphatic carbocycles. The zero-order valence-corrected chi connectivity index (χ0v) is 11.0. The van der Waals surface area contributed by atoms with Crippen LogP contribution in [-0.4, -0.2) is 24.4 Å². The summed E-state index contributed by atoms with van der Waals surface area (Å²) in [4.78, 5) is 24.7. The third-order valence-corrected chi connectivity index (χ3v) is 3.33. The van der Waals surface area contributed by atoms with E-state index in [0.29, 0.717) is 13.0 Å². The van der Waals surface area contributed by atoms with Gasteiger partial charge in [0.1, 0.15) is 0 Å². The first-order valence-electron chi connectivity index (χ1n) is 6.12. The molecule has 4 nitrogen and oxygen atoms in total. The Morgan fingerprint density at radius 3 is 2.67 bits per heavy atom. The van der Waals surface area contributed by atoms with Crippen molar-refractivity contribution < 1.29 is 9.59 Å². The fraction of sp³-hybridized carbons (Fsp3) is 0.429. The molecular formula is C14H18N2O2. The average molecular weight is 246 g/mol. The first kappa shape index (κ1) is 12.6. The number of anilines is 1. The summed E-state index contributed by atoms with van der Waals surface area (Å²) < 4.78 is 0. The minimum atomic E-state index is -0.0882. The second kappa shape index (κ2) is 4.80. The number of rotatable bonds is 2. The second-order valence-corrected chi connectivity index (χ2v) is 4.87. The Kier molecular flexibility index (Phi) is 3.36. The van der Waals surface area contributed by atoms with Crippen LogP contribution in [0.15, 0.2) is 18.2 Å². The number of amides is 2. The van der Waals surface area contributed by atoms with Crippen LogP contribution in [0, 0.1) is 13.8 Å². The molecule has 1 heterocycles. The maximum Gasteiger partial charge on any atom is 0.229 e. The second-order valence-electron chi connectivity index (χ2n) is 4.87. The van der Waals surface area contributed by atoms with Crippen LogP contribution in [0.4, 0.5) is 5.69 Å². The molecule has 1 aromatic rings. The SMILES string of the molecule is CC(=O)N[C@@H]1CC(=O)N(c2ccc(C)c(C)c2)C1. The lowest BCUT2D eigenvalue weighted by Crippen LogP contribution is -2.35. The number of hydrogen-bond acceptors (Lipinski definition) is 2. The van der Waals surface area contributed by atoms with Crippen LogP contribution < -0.4 is 10.2 Å². The molecule has 0 spiro atoms. The maximum absolute atomic E-state index is 11.9. The first-order valence-corrected chi connectivity index (χ1v) is 6.12. The standard InChI is InChI=1S/C14H18N2O2/c1-9-4-5-13(6-10(9)2)16-8-12(7-14(16)18)15-11(3)17/h4-6,12H,7-8H2,1-3H3,(H,15,17)/t12-/m1/s1. The molecule has 0 bridgehead atoms. The molecule has 1 N–H and O–H groups in total. The number of hydrogen-bond donors (Lipinski definition) is 1. The van der Waals surface area contributed by atoms with Gasteiger partial charge in [0.15, 0.2) is 0 Å². The number of carbonyl (C=O) groups is 2. The van der Waals surface area contributed by atoms with Crippen molar-refractivity contribution in [3.05, 3.63) is 29.3 Å². The molecule has 1 fully saturated rings. The molecule has 4 heteroatoms. The topological polar surface area (TPSA) is 49.4 Å². The Labute approximate surface area is 107 Å². The van der Waals surface area contributed by atoms with Crippen molar-refractivity contribution in [2.75, 3.05) is 11.4 Å². The highest BCUT2D eigenvalue weighted by molar-refractivity contribution is 5.96. The Hall–Kier alpha value is -1.84. The summed E-state index contributed by atoms with van der Waals surface area (Å²) in [6, 6.07) is 5.92. The highest BCUT2D eigenvalue weighted by Gasteiger charge is 2.30. The first-order chi connectivity index (χ1) is 8.47. The van der Waals surface area contributed by atoms with E-state index < -0.39 is 0 Å². The van der Waals surface area contributed by atoms with Gasteiger partial charge in [-0.25, -0.2) is 0 Å². The third kappa shape index (κ3) is 2.53. The van der Waals surface area contributed by atoms with Crippen molar-refractivity contribution in [2.24, 2.45) is 0 Å². The molecule has 0 unspecified atom stereocenters. The number of benzene rings is 1. The molecule has 1 aliphatic heterocycles. The van der Waals surface area contributed by atoms with Crippen molar-refractivity contribution in [1.82, 2.24) is 5.32 Å². The van der Waals surface area contributed by atoms with Crippen molar-refractivity contribution in [3.8, 4) is 0 Å². The zero-order chi connectivity index (χ0) is 13.3. The fourth-order valence-corrected chi connectivity index (χ4v) is 2.23. The van der Waals surface area contributed by atoms with Gasteiger partial charge in [0.25, 0.3) is 0 Å². The molecule has 0 radical (unpaired) electrons. The van der Waals surface area contributed by atoms with Crippen LogP contribution in [0.2, 0.25) is 0 Å². The van der Waals surface area contributed by atoms with Gasteiger partial charge in [-0.15, -0.1) is 0 Å². The summed E-state index contributed by atoms with van der Waals surface area (Å²) >= 11 is 0. The van der Waals surface area contributed by atoms with Crippen molar-refractivity contribution in [1.29, 1.82) is 0 Å². The Morgan fingerprint density at radius 2 is 2.06 bits per heavy atom. The van der Waals surface area contributed by atoms with Crippen LogP contribution in [0.3, 0.4) is 0 Å². The van der Waals surface area contributed by atoms with E-state index in [1.54, 1.807) is 4.90 Å². The zero-order valence-electron chi connectivity index (χ0n) is 11.0. The summed E-state index contributed by atoms with van der Waals surface area (Å²) in [7, 11) is 0. The van der Waals surface area contributed by atoms with E-state index in [2.05, 4.69) is 5.32 Å². The van der Waals surface area contributed by atoms with Crippen LogP contribution >= 0.6 is 0 Å². The molecule has 2 amide bonds. The molecule has 1 aliphatic rings. The maximum atomic E-state index is 11.9. The lowest BCUT2D eigenvalue weighted by Gasteiger charge is -2.18. The average Bonchev–Trinajstić information content (AvgIpc) is 2.62. The van der Waals surface area contributed by atoms with Gasteiger partial charge in [0.2, 0.25) is 11.8 Å². The van der Waals surface area contributed by atoms with Gasteiger partial charge >= 0.3 is 0 Å². The lowest BCUT2D eigenvalue weighted by molar-refractivity contribution is -0.119. The van der Waals surface area contributed by atoms with Gasteiger partial charge in [-0.1, -0.05) is 6.07 Å². The van der Waals surface area contributed by atoms with Gasteiger partial charge in [0, 0.05) is 25.6 Å². The molecule has 0 aromatic heterocycles. The summed E-state index contributed by atoms with van der Waals surface area (Å²) in [6.45, 7) is 6.11. The van der Waals surface area contributed by atoms with E-state index >= 15 is 0 Å². The molecule has 1 saturated heterocycles. The summed E-state index contributed by atoms with van der Waals surface area (Å²) in [5.41, 5.74) is 3.29. The quantitative estimate of drug-likeness (QED) is 0.860. The highest BCUT2D eigenvalue weighted by atomic mass is 16.2. The highest BCUT2D eigenvalue weighted by Crippen LogP contribution is 2.23. The van der Waals surface area contributed by atoms with Gasteiger partial charge in [0.05, 0.1) is 6.04 Å². The number of nitrogens with zero attached hydrogens (tertiary/aromatic N) is 1.